The van der Waals surface area contributed by atoms with Gasteiger partial charge < -0.3 is 0 Å². The minimum Gasteiger partial charge on any atom is -0.0596 e. The van der Waals surface area contributed by atoms with Gasteiger partial charge in [-0.15, -0.1) is 0 Å². The Morgan fingerprint density at radius 1 is 0.833 bits per heavy atom. The van der Waals surface area contributed by atoms with Gasteiger partial charge in [0.1, 0.15) is 0 Å². The summed E-state index contributed by atoms with van der Waals surface area (Å²) in [7, 11) is 0. The summed E-state index contributed by atoms with van der Waals surface area (Å²) in [6, 6.07) is 5.07. The smallest absolute Gasteiger partial charge is 0.00387 e. The van der Waals surface area contributed by atoms with Gasteiger partial charge in [-0.3, -0.25) is 0 Å². The van der Waals surface area contributed by atoms with Crippen LogP contribution in [-0.4, -0.2) is 0 Å². The van der Waals surface area contributed by atoms with E-state index in [1.165, 1.54) is 56.1 Å². The molecule has 24 heavy (non-hydrogen) atoms. The van der Waals surface area contributed by atoms with Crippen molar-refractivity contribution in [3.05, 3.63) is 34.4 Å². The lowest BCUT2D eigenvalue weighted by Crippen LogP contribution is -2.57. The second kappa shape index (κ2) is 5.12. The van der Waals surface area contributed by atoms with Gasteiger partial charge in [0.05, 0.1) is 0 Å². The zero-order valence-electron chi connectivity index (χ0n) is 16.8. The first-order valence-electron chi connectivity index (χ1n) is 10.3. The fraction of sp³-hybridized carbons (Fsp3) is 0.750. The Bertz CT molecular complexity index is 667. The number of rotatable bonds is 0. The Morgan fingerprint density at radius 2 is 1.54 bits per heavy atom. The predicted molar refractivity (Wildman–Crippen MR) is 104 cm³/mol. The third-order valence-electron chi connectivity index (χ3n) is 8.83. The van der Waals surface area contributed by atoms with Crippen LogP contribution >= 0.6 is 0 Å². The van der Waals surface area contributed by atoms with Gasteiger partial charge in [-0.1, -0.05) is 46.2 Å². The van der Waals surface area contributed by atoms with E-state index in [-0.39, 0.29) is 0 Å². The average molecular weight is 325 g/mol. The number of aryl methyl sites for hydroxylation is 3. The van der Waals surface area contributed by atoms with Gasteiger partial charge in [0, 0.05) is 0 Å². The number of hydrogen-bond donors (Lipinski definition) is 0. The van der Waals surface area contributed by atoms with Gasteiger partial charge >= 0.3 is 0 Å². The Kier molecular flexibility index (Phi) is 3.56. The minimum absolute atomic E-state index is 0.407. The number of benzene rings is 1. The summed E-state index contributed by atoms with van der Waals surface area (Å²) in [6.45, 7) is 15.0. The first-order valence-corrected chi connectivity index (χ1v) is 10.3. The van der Waals surface area contributed by atoms with E-state index < -0.39 is 0 Å². The normalized spacial score (nSPS) is 40.4. The molecular formula is C24H36. The van der Waals surface area contributed by atoms with E-state index in [4.69, 9.17) is 0 Å². The highest BCUT2D eigenvalue weighted by molar-refractivity contribution is 5.44. The van der Waals surface area contributed by atoms with Crippen LogP contribution in [0.25, 0.3) is 0 Å². The topological polar surface area (TPSA) is 0 Å². The molecule has 0 spiro atoms. The molecule has 0 heterocycles. The summed E-state index contributed by atoms with van der Waals surface area (Å²) in [6.07, 6.45) is 9.88. The molecular weight excluding hydrogens is 288 g/mol. The van der Waals surface area contributed by atoms with Gasteiger partial charge in [0.25, 0.3) is 0 Å². The highest BCUT2D eigenvalue weighted by Gasteiger charge is 2.59. The van der Waals surface area contributed by atoms with Crippen molar-refractivity contribution in [2.24, 2.45) is 22.7 Å². The van der Waals surface area contributed by atoms with Crippen LogP contribution in [0.3, 0.4) is 0 Å². The van der Waals surface area contributed by atoms with Crippen LogP contribution in [0, 0.1) is 36.5 Å². The van der Waals surface area contributed by atoms with Crippen molar-refractivity contribution in [2.45, 2.75) is 91.9 Å². The molecule has 3 aliphatic rings. The van der Waals surface area contributed by atoms with Crippen molar-refractivity contribution >= 4 is 0 Å². The van der Waals surface area contributed by atoms with Crippen LogP contribution in [0.15, 0.2) is 12.1 Å². The predicted octanol–water partition coefficient (Wildman–Crippen LogP) is 6.75. The van der Waals surface area contributed by atoms with Crippen molar-refractivity contribution in [3.63, 3.8) is 0 Å². The number of hydrogen-bond acceptors (Lipinski definition) is 0. The second-order valence-electron chi connectivity index (χ2n) is 10.5. The van der Waals surface area contributed by atoms with Crippen molar-refractivity contribution in [1.82, 2.24) is 0 Å². The molecule has 3 aliphatic carbocycles. The largest absolute Gasteiger partial charge is 0.0596 e. The lowest BCUT2D eigenvalue weighted by atomic mass is 9.40. The summed E-state index contributed by atoms with van der Waals surface area (Å²) in [5.41, 5.74) is 7.84. The zero-order valence-corrected chi connectivity index (χ0v) is 16.8. The molecule has 0 aliphatic heterocycles. The first-order chi connectivity index (χ1) is 11.2. The fourth-order valence-corrected chi connectivity index (χ4v) is 7.53. The lowest BCUT2D eigenvalue weighted by molar-refractivity contribution is -0.110. The Balaban J connectivity index is 1.82. The SMILES string of the molecule is Cc1cc2c(cc1C)[C@]1(C)CCC3C(C)(C)CCC[C@]3(C)[C@H]1CC2. The molecule has 4 atom stereocenters. The van der Waals surface area contributed by atoms with Gasteiger partial charge in [0.15, 0.2) is 0 Å². The summed E-state index contributed by atoms with van der Waals surface area (Å²) >= 11 is 0. The van der Waals surface area contributed by atoms with E-state index in [0.717, 1.165) is 11.8 Å². The van der Waals surface area contributed by atoms with Crippen LogP contribution in [0.1, 0.15) is 88.5 Å². The Hall–Kier alpha value is -0.780. The van der Waals surface area contributed by atoms with E-state index in [9.17, 15) is 0 Å². The van der Waals surface area contributed by atoms with Crippen molar-refractivity contribution < 1.29 is 0 Å². The van der Waals surface area contributed by atoms with Gasteiger partial charge in [-0.05, 0) is 103 Å². The Labute approximate surface area is 149 Å². The summed E-state index contributed by atoms with van der Waals surface area (Å²) in [5.74, 6) is 1.79. The molecule has 0 nitrogen and oxygen atoms in total. The fourth-order valence-electron chi connectivity index (χ4n) is 7.53. The molecule has 0 aromatic heterocycles. The maximum atomic E-state index is 2.67. The molecule has 0 bridgehead atoms. The van der Waals surface area contributed by atoms with E-state index in [0.29, 0.717) is 16.2 Å². The summed E-state index contributed by atoms with van der Waals surface area (Å²) < 4.78 is 0. The molecule has 2 saturated carbocycles. The standard InChI is InChI=1S/C24H36/c1-16-14-18-8-9-21-23(5,19(18)15-17(16)2)13-10-20-22(3,4)11-7-12-24(20,21)6/h14-15,20-21H,7-13H2,1-6H3/t20?,21-,23-,24-/m0/s1. The maximum Gasteiger partial charge on any atom is -0.00387 e. The van der Waals surface area contributed by atoms with Crippen LogP contribution in [0.2, 0.25) is 0 Å². The quantitative estimate of drug-likeness (QED) is 0.495. The maximum absolute atomic E-state index is 2.67. The second-order valence-corrected chi connectivity index (χ2v) is 10.5. The summed E-state index contributed by atoms with van der Waals surface area (Å²) in [4.78, 5) is 0. The molecule has 4 rings (SSSR count). The molecule has 0 saturated heterocycles. The minimum atomic E-state index is 0.407. The zero-order chi connectivity index (χ0) is 17.3. The van der Waals surface area contributed by atoms with E-state index in [1.807, 2.05) is 0 Å². The van der Waals surface area contributed by atoms with Crippen molar-refractivity contribution in [2.75, 3.05) is 0 Å². The highest BCUT2D eigenvalue weighted by Crippen LogP contribution is 2.66. The highest BCUT2D eigenvalue weighted by atomic mass is 14.6. The molecule has 132 valence electrons. The molecule has 1 aromatic carbocycles. The third kappa shape index (κ3) is 2.10. The van der Waals surface area contributed by atoms with Crippen LogP contribution in [0.5, 0.6) is 0 Å². The van der Waals surface area contributed by atoms with Crippen molar-refractivity contribution in [1.29, 1.82) is 0 Å². The monoisotopic (exact) mass is 324 g/mol. The van der Waals surface area contributed by atoms with E-state index >= 15 is 0 Å². The van der Waals surface area contributed by atoms with Gasteiger partial charge in [-0.25, -0.2) is 0 Å². The van der Waals surface area contributed by atoms with Crippen LogP contribution in [-0.2, 0) is 11.8 Å². The molecule has 1 aromatic rings. The number of fused-ring (bicyclic) bond motifs is 5. The molecule has 0 heteroatoms. The van der Waals surface area contributed by atoms with Crippen LogP contribution in [0.4, 0.5) is 0 Å². The summed E-state index contributed by atoms with van der Waals surface area (Å²) in [5, 5.41) is 0. The van der Waals surface area contributed by atoms with Crippen LogP contribution < -0.4 is 0 Å². The van der Waals surface area contributed by atoms with Crippen molar-refractivity contribution in [3.8, 4) is 0 Å². The molecule has 0 radical (unpaired) electrons. The molecule has 0 N–H and O–H groups in total. The Morgan fingerprint density at radius 3 is 2.29 bits per heavy atom. The van der Waals surface area contributed by atoms with E-state index in [1.54, 1.807) is 11.1 Å². The first kappa shape index (κ1) is 16.7. The van der Waals surface area contributed by atoms with Gasteiger partial charge in [-0.2, -0.15) is 0 Å². The lowest BCUT2D eigenvalue weighted by Gasteiger charge is -2.64. The van der Waals surface area contributed by atoms with E-state index in [2.05, 4.69) is 53.7 Å². The average Bonchev–Trinajstić information content (AvgIpc) is 2.48. The molecule has 0 amide bonds. The third-order valence-corrected chi connectivity index (χ3v) is 8.83. The molecule has 2 fully saturated rings. The molecule has 1 unspecified atom stereocenters. The van der Waals surface area contributed by atoms with Gasteiger partial charge in [0.2, 0.25) is 0 Å².